The van der Waals surface area contributed by atoms with E-state index >= 15 is 0 Å². The third kappa shape index (κ3) is 2.49. The highest BCUT2D eigenvalue weighted by molar-refractivity contribution is 9.10. The average Bonchev–Trinajstić information content (AvgIpc) is 2.90. The molecule has 0 aliphatic heterocycles. The van der Waals surface area contributed by atoms with Crippen LogP contribution in [0.5, 0.6) is 0 Å². The second-order valence-corrected chi connectivity index (χ2v) is 5.16. The number of anilines is 1. The summed E-state index contributed by atoms with van der Waals surface area (Å²) in [6.45, 7) is 0. The molecule has 2 aromatic carbocycles. The van der Waals surface area contributed by atoms with Gasteiger partial charge >= 0.3 is 0 Å². The highest BCUT2D eigenvalue weighted by Gasteiger charge is 2.17. The Morgan fingerprint density at radius 2 is 1.86 bits per heavy atom. The largest absolute Gasteiger partial charge is 0.399 e. The van der Waals surface area contributed by atoms with Crippen molar-refractivity contribution in [3.8, 4) is 17.1 Å². The van der Waals surface area contributed by atoms with Crippen LogP contribution >= 0.6 is 15.9 Å². The summed E-state index contributed by atoms with van der Waals surface area (Å²) >= 11 is 3.25. The van der Waals surface area contributed by atoms with E-state index in [0.29, 0.717) is 4.47 Å². The third-order valence-corrected chi connectivity index (χ3v) is 3.33. The molecule has 0 aliphatic rings. The van der Waals surface area contributed by atoms with Crippen LogP contribution < -0.4 is 5.73 Å². The predicted molar refractivity (Wildman–Crippen MR) is 76.6 cm³/mol. The molecule has 0 radical (unpaired) electrons. The van der Waals surface area contributed by atoms with Crippen molar-refractivity contribution in [3.05, 3.63) is 52.5 Å². The monoisotopic (exact) mass is 351 g/mol. The zero-order valence-electron chi connectivity index (χ0n) is 10.5. The minimum absolute atomic E-state index is 0.0875. The Morgan fingerprint density at radius 3 is 2.62 bits per heavy atom. The zero-order valence-corrected chi connectivity index (χ0v) is 12.1. The molecule has 0 unspecified atom stereocenters. The summed E-state index contributed by atoms with van der Waals surface area (Å²) in [4.78, 5) is 0. The maximum atomic E-state index is 14.0. The minimum atomic E-state index is -0.582. The first-order valence-electron chi connectivity index (χ1n) is 5.85. The Hall–Kier alpha value is -2.35. The molecule has 106 valence electrons. The van der Waals surface area contributed by atoms with Crippen LogP contribution in [0.4, 0.5) is 14.5 Å². The molecule has 0 atom stereocenters. The van der Waals surface area contributed by atoms with Crippen LogP contribution in [0.25, 0.3) is 17.1 Å². The van der Waals surface area contributed by atoms with E-state index in [0.717, 1.165) is 10.7 Å². The van der Waals surface area contributed by atoms with Crippen LogP contribution in [0, 0.1) is 11.6 Å². The van der Waals surface area contributed by atoms with Gasteiger partial charge in [0.25, 0.3) is 0 Å². The lowest BCUT2D eigenvalue weighted by Crippen LogP contribution is -2.04. The average molecular weight is 352 g/mol. The van der Waals surface area contributed by atoms with E-state index in [1.165, 1.54) is 24.3 Å². The number of nitrogens with zero attached hydrogens (tertiary/aromatic N) is 4. The van der Waals surface area contributed by atoms with Crippen molar-refractivity contribution < 1.29 is 8.78 Å². The lowest BCUT2D eigenvalue weighted by atomic mass is 10.1. The number of nitrogens with two attached hydrogens (primary N) is 1. The molecule has 8 heteroatoms. The highest BCUT2D eigenvalue weighted by atomic mass is 79.9. The summed E-state index contributed by atoms with van der Waals surface area (Å²) in [6, 6.07) is 8.45. The van der Waals surface area contributed by atoms with Crippen molar-refractivity contribution in [2.45, 2.75) is 0 Å². The van der Waals surface area contributed by atoms with Gasteiger partial charge in [-0.1, -0.05) is 15.9 Å². The summed E-state index contributed by atoms with van der Waals surface area (Å²) in [5.41, 5.74) is 6.04. The molecule has 0 fully saturated rings. The normalized spacial score (nSPS) is 10.8. The lowest BCUT2D eigenvalue weighted by Gasteiger charge is -2.07. The Labute approximate surface area is 126 Å². The Balaban J connectivity index is 2.19. The van der Waals surface area contributed by atoms with Crippen LogP contribution in [0.15, 0.2) is 40.9 Å². The number of rotatable bonds is 2. The summed E-state index contributed by atoms with van der Waals surface area (Å²) in [6.07, 6.45) is 0. The SMILES string of the molecule is Nc1ccc(-c2nnnn2-c2cc(Br)ccc2F)c(F)c1. The number of aromatic nitrogens is 4. The van der Waals surface area contributed by atoms with Crippen LogP contribution in [-0.2, 0) is 0 Å². The smallest absolute Gasteiger partial charge is 0.190 e. The highest BCUT2D eigenvalue weighted by Crippen LogP contribution is 2.26. The van der Waals surface area contributed by atoms with Gasteiger partial charge < -0.3 is 5.73 Å². The number of nitrogen functional groups attached to an aromatic ring is 1. The Kier molecular flexibility index (Phi) is 3.38. The van der Waals surface area contributed by atoms with E-state index in [2.05, 4.69) is 31.5 Å². The van der Waals surface area contributed by atoms with Crippen LogP contribution in [-0.4, -0.2) is 20.2 Å². The Bertz CT molecular complexity index is 818. The Morgan fingerprint density at radius 1 is 1.05 bits per heavy atom. The molecule has 5 nitrogen and oxygen atoms in total. The number of hydrogen-bond acceptors (Lipinski definition) is 4. The van der Waals surface area contributed by atoms with Crippen LogP contribution in [0.2, 0.25) is 0 Å². The standard InChI is InChI=1S/C13H8BrF2N5/c14-7-1-4-10(15)12(5-7)21-13(18-19-20-21)9-3-2-8(17)6-11(9)16/h1-6H,17H2. The van der Waals surface area contributed by atoms with Crippen molar-refractivity contribution in [1.29, 1.82) is 0 Å². The fraction of sp³-hybridized carbons (Fsp3) is 0. The first-order chi connectivity index (χ1) is 10.1. The van der Waals surface area contributed by atoms with Gasteiger partial charge in [0, 0.05) is 10.2 Å². The molecule has 21 heavy (non-hydrogen) atoms. The zero-order chi connectivity index (χ0) is 15.0. The molecule has 0 aliphatic carbocycles. The van der Waals surface area contributed by atoms with E-state index in [1.54, 1.807) is 6.07 Å². The van der Waals surface area contributed by atoms with Gasteiger partial charge in [0.05, 0.1) is 5.56 Å². The first kappa shape index (κ1) is 13.6. The fourth-order valence-electron chi connectivity index (χ4n) is 1.88. The number of hydrogen-bond donors (Lipinski definition) is 1. The van der Waals surface area contributed by atoms with E-state index in [4.69, 9.17) is 5.73 Å². The maximum absolute atomic E-state index is 14.0. The molecular weight excluding hydrogens is 344 g/mol. The topological polar surface area (TPSA) is 69.6 Å². The molecular formula is C13H8BrF2N5. The van der Waals surface area contributed by atoms with E-state index in [9.17, 15) is 8.78 Å². The molecule has 0 bridgehead atoms. The van der Waals surface area contributed by atoms with E-state index in [1.807, 2.05) is 0 Å². The van der Waals surface area contributed by atoms with Gasteiger partial charge in [-0.2, -0.15) is 4.68 Å². The number of tetrazole rings is 1. The molecule has 1 aromatic heterocycles. The van der Waals surface area contributed by atoms with Crippen molar-refractivity contribution in [2.24, 2.45) is 0 Å². The van der Waals surface area contributed by atoms with Crippen molar-refractivity contribution >= 4 is 21.6 Å². The molecule has 3 aromatic rings. The van der Waals surface area contributed by atoms with Gasteiger partial charge in [-0.15, -0.1) is 5.10 Å². The van der Waals surface area contributed by atoms with E-state index in [-0.39, 0.29) is 22.8 Å². The maximum Gasteiger partial charge on any atom is 0.190 e. The molecule has 0 saturated carbocycles. The molecule has 1 heterocycles. The lowest BCUT2D eigenvalue weighted by molar-refractivity contribution is 0.605. The summed E-state index contributed by atoms with van der Waals surface area (Å²) < 4.78 is 29.7. The van der Waals surface area contributed by atoms with Gasteiger partial charge in [0.15, 0.2) is 5.82 Å². The minimum Gasteiger partial charge on any atom is -0.399 e. The molecule has 3 rings (SSSR count). The first-order valence-corrected chi connectivity index (χ1v) is 6.65. The van der Waals surface area contributed by atoms with Crippen molar-refractivity contribution in [2.75, 3.05) is 5.73 Å². The van der Waals surface area contributed by atoms with Crippen molar-refractivity contribution in [1.82, 2.24) is 20.2 Å². The number of benzene rings is 2. The quantitative estimate of drug-likeness (QED) is 0.720. The second-order valence-electron chi connectivity index (χ2n) is 4.25. The van der Waals surface area contributed by atoms with Crippen LogP contribution in [0.1, 0.15) is 0 Å². The second kappa shape index (κ2) is 5.21. The van der Waals surface area contributed by atoms with Gasteiger partial charge in [-0.25, -0.2) is 8.78 Å². The third-order valence-electron chi connectivity index (χ3n) is 2.84. The molecule has 0 amide bonds. The predicted octanol–water partition coefficient (Wildman–Crippen LogP) is 2.95. The van der Waals surface area contributed by atoms with Gasteiger partial charge in [0.1, 0.15) is 17.3 Å². The van der Waals surface area contributed by atoms with Gasteiger partial charge in [0.2, 0.25) is 0 Å². The summed E-state index contributed by atoms with van der Waals surface area (Å²) in [5.74, 6) is -1.02. The van der Waals surface area contributed by atoms with Crippen LogP contribution in [0.3, 0.4) is 0 Å². The molecule has 0 spiro atoms. The molecule has 2 N–H and O–H groups in total. The van der Waals surface area contributed by atoms with Gasteiger partial charge in [-0.05, 0) is 46.8 Å². The summed E-state index contributed by atoms with van der Waals surface area (Å²) in [7, 11) is 0. The van der Waals surface area contributed by atoms with Crippen molar-refractivity contribution in [3.63, 3.8) is 0 Å². The molecule has 0 saturated heterocycles. The van der Waals surface area contributed by atoms with Gasteiger partial charge in [-0.3, -0.25) is 0 Å². The number of halogens is 3. The summed E-state index contributed by atoms with van der Waals surface area (Å²) in [5, 5.41) is 11.0. The fourth-order valence-corrected chi connectivity index (χ4v) is 2.23. The van der Waals surface area contributed by atoms with E-state index < -0.39 is 11.6 Å².